The van der Waals surface area contributed by atoms with Gasteiger partial charge in [-0.25, -0.2) is 0 Å². The van der Waals surface area contributed by atoms with Crippen molar-refractivity contribution in [1.82, 2.24) is 5.16 Å². The van der Waals surface area contributed by atoms with E-state index in [4.69, 9.17) is 19.7 Å². The molecule has 1 unspecified atom stereocenters. The molecular weight excluding hydrogens is 244 g/mol. The quantitative estimate of drug-likeness (QED) is 0.896. The predicted molar refractivity (Wildman–Crippen MR) is 71.2 cm³/mol. The third kappa shape index (κ3) is 2.88. The van der Waals surface area contributed by atoms with Crippen molar-refractivity contribution in [3.05, 3.63) is 41.3 Å². The molecule has 0 fully saturated rings. The van der Waals surface area contributed by atoms with Gasteiger partial charge in [0.25, 0.3) is 0 Å². The molecule has 2 N–H and O–H groups in total. The molecule has 0 aliphatic carbocycles. The minimum atomic E-state index is -0.261. The van der Waals surface area contributed by atoms with Crippen LogP contribution in [0.15, 0.2) is 28.8 Å². The second kappa shape index (κ2) is 5.75. The summed E-state index contributed by atoms with van der Waals surface area (Å²) in [7, 11) is 1.60. The summed E-state index contributed by atoms with van der Waals surface area (Å²) < 4.78 is 16.4. The first kappa shape index (κ1) is 13.4. The molecule has 2 aromatic rings. The first-order valence-corrected chi connectivity index (χ1v) is 6.11. The van der Waals surface area contributed by atoms with Crippen molar-refractivity contribution in [1.29, 1.82) is 0 Å². The van der Waals surface area contributed by atoms with E-state index in [2.05, 4.69) is 5.16 Å². The highest BCUT2D eigenvalue weighted by Gasteiger charge is 2.17. The zero-order chi connectivity index (χ0) is 13.8. The molecule has 102 valence electrons. The number of methoxy groups -OCH3 is 1. The van der Waals surface area contributed by atoms with Gasteiger partial charge in [-0.3, -0.25) is 0 Å². The Labute approximate surface area is 112 Å². The van der Waals surface area contributed by atoms with Gasteiger partial charge in [0.1, 0.15) is 0 Å². The highest BCUT2D eigenvalue weighted by molar-refractivity contribution is 5.46. The molecule has 1 aromatic carbocycles. The minimum absolute atomic E-state index is 0.261. The van der Waals surface area contributed by atoms with Crippen molar-refractivity contribution in [2.24, 2.45) is 5.73 Å². The first-order chi connectivity index (χ1) is 9.15. The number of aromatic nitrogens is 1. The van der Waals surface area contributed by atoms with Crippen LogP contribution in [0.2, 0.25) is 0 Å². The van der Waals surface area contributed by atoms with E-state index < -0.39 is 0 Å². The van der Waals surface area contributed by atoms with E-state index in [1.807, 2.05) is 38.1 Å². The number of nitrogens with two attached hydrogens (primary N) is 1. The summed E-state index contributed by atoms with van der Waals surface area (Å²) in [5, 5.41) is 3.85. The summed E-state index contributed by atoms with van der Waals surface area (Å²) in [6.07, 6.45) is -0.261. The first-order valence-electron chi connectivity index (χ1n) is 6.11. The Morgan fingerprint density at radius 3 is 2.79 bits per heavy atom. The van der Waals surface area contributed by atoms with Gasteiger partial charge >= 0.3 is 0 Å². The van der Waals surface area contributed by atoms with Crippen molar-refractivity contribution in [2.45, 2.75) is 26.5 Å². The van der Waals surface area contributed by atoms with Gasteiger partial charge < -0.3 is 19.7 Å². The lowest BCUT2D eigenvalue weighted by Crippen LogP contribution is -2.07. The second-order valence-electron chi connectivity index (χ2n) is 4.28. The molecule has 0 spiro atoms. The molecule has 19 heavy (non-hydrogen) atoms. The molecular formula is C14H18N2O3. The normalized spacial score (nSPS) is 12.2. The number of benzene rings is 1. The number of aryl methyl sites for hydroxylation is 1. The minimum Gasteiger partial charge on any atom is -0.493 e. The molecule has 0 bridgehead atoms. The summed E-state index contributed by atoms with van der Waals surface area (Å²) in [5.74, 6) is 1.98. The van der Waals surface area contributed by atoms with Crippen LogP contribution in [-0.4, -0.2) is 12.3 Å². The zero-order valence-corrected chi connectivity index (χ0v) is 11.3. The molecule has 5 heteroatoms. The lowest BCUT2D eigenvalue weighted by atomic mass is 10.2. The van der Waals surface area contributed by atoms with Crippen LogP contribution in [0.3, 0.4) is 0 Å². The van der Waals surface area contributed by atoms with Crippen LogP contribution in [0.4, 0.5) is 0 Å². The Bertz CT molecular complexity index is 529. The molecule has 0 saturated heterocycles. The number of nitrogens with zero attached hydrogens (tertiary/aromatic N) is 1. The van der Waals surface area contributed by atoms with Crippen LogP contribution >= 0.6 is 0 Å². The summed E-state index contributed by atoms with van der Waals surface area (Å²) in [5.41, 5.74) is 7.44. The molecule has 1 heterocycles. The lowest BCUT2D eigenvalue weighted by Gasteiger charge is -2.17. The lowest BCUT2D eigenvalue weighted by molar-refractivity contribution is 0.173. The Morgan fingerprint density at radius 1 is 1.42 bits per heavy atom. The van der Waals surface area contributed by atoms with Crippen LogP contribution in [0.5, 0.6) is 11.5 Å². The van der Waals surface area contributed by atoms with Gasteiger partial charge in [0, 0.05) is 18.2 Å². The maximum atomic E-state index is 5.92. The SMILES string of the molecule is COc1cccc(CN)c1OC(C)c1cc(C)no1. The van der Waals surface area contributed by atoms with Gasteiger partial charge in [0.2, 0.25) is 0 Å². The van der Waals surface area contributed by atoms with E-state index in [0.717, 1.165) is 11.3 Å². The maximum Gasteiger partial charge on any atom is 0.177 e. The Balaban J connectivity index is 2.27. The Hall–Kier alpha value is -2.01. The fraction of sp³-hybridized carbons (Fsp3) is 0.357. The molecule has 0 amide bonds. The average Bonchev–Trinajstić information content (AvgIpc) is 2.85. The fourth-order valence-electron chi connectivity index (χ4n) is 1.83. The maximum absolute atomic E-state index is 5.92. The molecule has 0 aliphatic heterocycles. The predicted octanol–water partition coefficient (Wildman–Crippen LogP) is 2.59. The second-order valence-corrected chi connectivity index (χ2v) is 4.28. The van der Waals surface area contributed by atoms with Gasteiger partial charge in [-0.1, -0.05) is 17.3 Å². The number of hydrogen-bond donors (Lipinski definition) is 1. The average molecular weight is 262 g/mol. The van der Waals surface area contributed by atoms with Crippen LogP contribution < -0.4 is 15.2 Å². The van der Waals surface area contributed by atoms with Crippen molar-refractivity contribution in [2.75, 3.05) is 7.11 Å². The van der Waals surface area contributed by atoms with E-state index in [9.17, 15) is 0 Å². The van der Waals surface area contributed by atoms with Crippen LogP contribution in [-0.2, 0) is 6.54 Å². The van der Waals surface area contributed by atoms with E-state index in [-0.39, 0.29) is 6.10 Å². The van der Waals surface area contributed by atoms with E-state index in [0.29, 0.717) is 23.8 Å². The largest absolute Gasteiger partial charge is 0.493 e. The molecule has 5 nitrogen and oxygen atoms in total. The molecule has 2 rings (SSSR count). The van der Waals surface area contributed by atoms with Crippen LogP contribution in [0.25, 0.3) is 0 Å². The molecule has 0 saturated carbocycles. The van der Waals surface area contributed by atoms with Crippen LogP contribution in [0.1, 0.15) is 30.0 Å². The van der Waals surface area contributed by atoms with Crippen LogP contribution in [0, 0.1) is 6.92 Å². The van der Waals surface area contributed by atoms with Crippen molar-refractivity contribution < 1.29 is 14.0 Å². The van der Waals surface area contributed by atoms with Gasteiger partial charge in [-0.15, -0.1) is 0 Å². The summed E-state index contributed by atoms with van der Waals surface area (Å²) in [6, 6.07) is 7.49. The van der Waals surface area contributed by atoms with E-state index >= 15 is 0 Å². The van der Waals surface area contributed by atoms with E-state index in [1.165, 1.54) is 0 Å². The standard InChI is InChI=1S/C14H18N2O3/c1-9-7-13(19-16-9)10(2)18-14-11(8-15)5-4-6-12(14)17-3/h4-7,10H,8,15H2,1-3H3. The van der Waals surface area contributed by atoms with Gasteiger partial charge in [-0.2, -0.15) is 0 Å². The topological polar surface area (TPSA) is 70.5 Å². The van der Waals surface area contributed by atoms with Crippen molar-refractivity contribution in [3.63, 3.8) is 0 Å². The van der Waals surface area contributed by atoms with Gasteiger partial charge in [0.05, 0.1) is 12.8 Å². The summed E-state index contributed by atoms with van der Waals surface area (Å²) in [4.78, 5) is 0. The number of rotatable bonds is 5. The number of hydrogen-bond acceptors (Lipinski definition) is 5. The Morgan fingerprint density at radius 2 is 2.21 bits per heavy atom. The monoisotopic (exact) mass is 262 g/mol. The highest BCUT2D eigenvalue weighted by atomic mass is 16.5. The van der Waals surface area contributed by atoms with Gasteiger partial charge in [0.15, 0.2) is 23.4 Å². The zero-order valence-electron chi connectivity index (χ0n) is 11.3. The fourth-order valence-corrected chi connectivity index (χ4v) is 1.83. The molecule has 0 radical (unpaired) electrons. The van der Waals surface area contributed by atoms with E-state index in [1.54, 1.807) is 7.11 Å². The smallest absolute Gasteiger partial charge is 0.177 e. The molecule has 1 atom stereocenters. The highest BCUT2D eigenvalue weighted by Crippen LogP contribution is 2.34. The third-order valence-electron chi connectivity index (χ3n) is 2.84. The summed E-state index contributed by atoms with van der Waals surface area (Å²) >= 11 is 0. The molecule has 0 aliphatic rings. The number of para-hydroxylation sites is 1. The third-order valence-corrected chi connectivity index (χ3v) is 2.84. The number of ether oxygens (including phenoxy) is 2. The Kier molecular flexibility index (Phi) is 4.06. The molecule has 1 aromatic heterocycles. The van der Waals surface area contributed by atoms with Crippen molar-refractivity contribution >= 4 is 0 Å². The van der Waals surface area contributed by atoms with Gasteiger partial charge in [-0.05, 0) is 19.9 Å². The van der Waals surface area contributed by atoms with Crippen molar-refractivity contribution in [3.8, 4) is 11.5 Å². The summed E-state index contributed by atoms with van der Waals surface area (Å²) in [6.45, 7) is 4.15.